The zero-order valence-electron chi connectivity index (χ0n) is 15.7. The molecule has 156 valence electrons. The van der Waals surface area contributed by atoms with Crippen molar-refractivity contribution in [2.75, 3.05) is 50.5 Å². The van der Waals surface area contributed by atoms with E-state index in [1.54, 1.807) is 0 Å². The average molecular weight is 440 g/mol. The van der Waals surface area contributed by atoms with Crippen molar-refractivity contribution in [3.8, 4) is 0 Å². The summed E-state index contributed by atoms with van der Waals surface area (Å²) in [4.78, 5) is 26.3. The molecule has 1 aliphatic heterocycles. The van der Waals surface area contributed by atoms with E-state index in [9.17, 15) is 14.0 Å². The molecule has 11 heteroatoms. The number of thioether (sulfide) groups is 1. The van der Waals surface area contributed by atoms with Crippen molar-refractivity contribution < 1.29 is 18.7 Å². The fraction of sp³-hybridized carbons (Fsp3) is 0.444. The summed E-state index contributed by atoms with van der Waals surface area (Å²) in [6.07, 6.45) is 0. The summed E-state index contributed by atoms with van der Waals surface area (Å²) >= 11 is 2.59. The van der Waals surface area contributed by atoms with Crippen LogP contribution in [0.3, 0.4) is 0 Å². The molecule has 8 nitrogen and oxygen atoms in total. The zero-order valence-corrected chi connectivity index (χ0v) is 17.4. The van der Waals surface area contributed by atoms with Gasteiger partial charge in [-0.25, -0.2) is 4.39 Å². The first kappa shape index (κ1) is 21.6. The number of hydrogen-bond acceptors (Lipinski definition) is 8. The van der Waals surface area contributed by atoms with Gasteiger partial charge in [-0.15, -0.1) is 22.0 Å². The van der Waals surface area contributed by atoms with Gasteiger partial charge in [0, 0.05) is 37.6 Å². The Bertz CT molecular complexity index is 812. The summed E-state index contributed by atoms with van der Waals surface area (Å²) < 4.78 is 18.2. The van der Waals surface area contributed by atoms with E-state index in [0.29, 0.717) is 28.7 Å². The standard InChI is InChI=1S/C18H22FN5O3S2/c19-13-1-3-14(4-2-13)21-17(26)18-23-22-16(29-18)12-28-11-15(25)20-5-6-24-7-9-27-10-8-24/h1-4H,5-12H2,(H,20,25)(H,21,26). The number of morpholine rings is 1. The molecule has 1 fully saturated rings. The lowest BCUT2D eigenvalue weighted by atomic mass is 10.3. The molecule has 2 heterocycles. The first-order valence-electron chi connectivity index (χ1n) is 9.14. The number of ether oxygens (including phenoxy) is 1. The molecule has 2 aromatic rings. The van der Waals surface area contributed by atoms with Crippen LogP contribution in [-0.4, -0.2) is 72.1 Å². The highest BCUT2D eigenvalue weighted by molar-refractivity contribution is 7.99. The monoisotopic (exact) mass is 439 g/mol. The second-order valence-electron chi connectivity index (χ2n) is 6.26. The smallest absolute Gasteiger partial charge is 0.286 e. The van der Waals surface area contributed by atoms with Gasteiger partial charge in [0.05, 0.1) is 19.0 Å². The van der Waals surface area contributed by atoms with Crippen LogP contribution < -0.4 is 10.6 Å². The van der Waals surface area contributed by atoms with Gasteiger partial charge < -0.3 is 15.4 Å². The molecular weight excluding hydrogens is 417 g/mol. The highest BCUT2D eigenvalue weighted by Gasteiger charge is 2.14. The van der Waals surface area contributed by atoms with Gasteiger partial charge in [-0.05, 0) is 24.3 Å². The van der Waals surface area contributed by atoms with Crippen LogP contribution in [0.15, 0.2) is 24.3 Å². The highest BCUT2D eigenvalue weighted by atomic mass is 32.2. The van der Waals surface area contributed by atoms with Gasteiger partial charge in [0.15, 0.2) is 0 Å². The molecular formula is C18H22FN5O3S2. The normalized spacial score (nSPS) is 14.5. The molecule has 1 aromatic heterocycles. The molecule has 0 aliphatic carbocycles. The van der Waals surface area contributed by atoms with Crippen molar-refractivity contribution in [2.45, 2.75) is 5.75 Å². The van der Waals surface area contributed by atoms with E-state index in [1.807, 2.05) is 0 Å². The summed E-state index contributed by atoms with van der Waals surface area (Å²) in [5.74, 6) is 0.0228. The van der Waals surface area contributed by atoms with E-state index in [-0.39, 0.29) is 16.7 Å². The number of hydrogen-bond donors (Lipinski definition) is 2. The number of carbonyl (C=O) groups is 2. The number of aromatic nitrogens is 2. The van der Waals surface area contributed by atoms with Crippen LogP contribution in [0, 0.1) is 5.82 Å². The minimum absolute atomic E-state index is 0.0259. The Morgan fingerprint density at radius 3 is 2.72 bits per heavy atom. The number of nitrogens with zero attached hydrogens (tertiary/aromatic N) is 3. The molecule has 0 atom stereocenters. The Hall–Kier alpha value is -2.08. The zero-order chi connectivity index (χ0) is 20.5. The van der Waals surface area contributed by atoms with Crippen molar-refractivity contribution in [3.05, 3.63) is 40.1 Å². The molecule has 1 saturated heterocycles. The van der Waals surface area contributed by atoms with Crippen LogP contribution in [-0.2, 0) is 15.3 Å². The SMILES string of the molecule is O=C(CSCc1nnc(C(=O)Nc2ccc(F)cc2)s1)NCCN1CCOCC1. The maximum absolute atomic E-state index is 12.9. The van der Waals surface area contributed by atoms with Gasteiger partial charge in [0.2, 0.25) is 10.9 Å². The first-order chi connectivity index (χ1) is 14.1. The lowest BCUT2D eigenvalue weighted by Crippen LogP contribution is -2.41. The minimum atomic E-state index is -0.397. The van der Waals surface area contributed by atoms with Crippen LogP contribution in [0.1, 0.15) is 14.8 Å². The molecule has 2 amide bonds. The molecule has 29 heavy (non-hydrogen) atoms. The van der Waals surface area contributed by atoms with E-state index >= 15 is 0 Å². The van der Waals surface area contributed by atoms with Gasteiger partial charge in [-0.2, -0.15) is 0 Å². The molecule has 1 aliphatic rings. The Morgan fingerprint density at radius 2 is 1.97 bits per heavy atom. The summed E-state index contributed by atoms with van der Waals surface area (Å²) in [7, 11) is 0. The predicted molar refractivity (Wildman–Crippen MR) is 111 cm³/mol. The number of anilines is 1. The third-order valence-corrected chi connectivity index (χ3v) is 6.12. The Labute approximate surface area is 176 Å². The van der Waals surface area contributed by atoms with Crippen molar-refractivity contribution >= 4 is 40.6 Å². The maximum atomic E-state index is 12.9. The van der Waals surface area contributed by atoms with E-state index in [4.69, 9.17) is 4.74 Å². The molecule has 0 spiro atoms. The van der Waals surface area contributed by atoms with Crippen LogP contribution >= 0.6 is 23.1 Å². The lowest BCUT2D eigenvalue weighted by molar-refractivity contribution is -0.118. The topological polar surface area (TPSA) is 96.5 Å². The quantitative estimate of drug-likeness (QED) is 0.613. The highest BCUT2D eigenvalue weighted by Crippen LogP contribution is 2.18. The summed E-state index contributed by atoms with van der Waals surface area (Å²) in [6.45, 7) is 4.73. The molecule has 0 radical (unpaired) electrons. The van der Waals surface area contributed by atoms with E-state index in [2.05, 4.69) is 25.7 Å². The first-order valence-corrected chi connectivity index (χ1v) is 11.1. The van der Waals surface area contributed by atoms with Crippen molar-refractivity contribution in [1.29, 1.82) is 0 Å². The second-order valence-corrected chi connectivity index (χ2v) is 8.31. The van der Waals surface area contributed by atoms with Crippen LogP contribution in [0.4, 0.5) is 10.1 Å². The minimum Gasteiger partial charge on any atom is -0.379 e. The maximum Gasteiger partial charge on any atom is 0.286 e. The third-order valence-electron chi connectivity index (χ3n) is 4.08. The number of halogens is 1. The molecule has 3 rings (SSSR count). The van der Waals surface area contributed by atoms with Crippen LogP contribution in [0.25, 0.3) is 0 Å². The van der Waals surface area contributed by atoms with Crippen molar-refractivity contribution in [3.63, 3.8) is 0 Å². The predicted octanol–water partition coefficient (Wildman–Crippen LogP) is 1.61. The van der Waals surface area contributed by atoms with Gasteiger partial charge in [-0.1, -0.05) is 11.3 Å². The molecule has 2 N–H and O–H groups in total. The van der Waals surface area contributed by atoms with Gasteiger partial charge >= 0.3 is 0 Å². The second kappa shape index (κ2) is 11.2. The number of benzene rings is 1. The number of rotatable bonds is 9. The van der Waals surface area contributed by atoms with Crippen LogP contribution in [0.2, 0.25) is 0 Å². The van der Waals surface area contributed by atoms with E-state index in [0.717, 1.165) is 32.8 Å². The average Bonchev–Trinajstić information content (AvgIpc) is 3.20. The summed E-state index contributed by atoms with van der Waals surface area (Å²) in [5, 5.41) is 14.3. The molecule has 0 saturated carbocycles. The van der Waals surface area contributed by atoms with Crippen LogP contribution in [0.5, 0.6) is 0 Å². The number of nitrogens with one attached hydrogen (secondary N) is 2. The third kappa shape index (κ3) is 7.35. The fourth-order valence-corrected chi connectivity index (χ4v) is 4.22. The lowest BCUT2D eigenvalue weighted by Gasteiger charge is -2.26. The van der Waals surface area contributed by atoms with Crippen molar-refractivity contribution in [2.24, 2.45) is 0 Å². The summed E-state index contributed by atoms with van der Waals surface area (Å²) in [5.41, 5.74) is 0.483. The summed E-state index contributed by atoms with van der Waals surface area (Å²) in [6, 6.07) is 5.49. The van der Waals surface area contributed by atoms with E-state index in [1.165, 1.54) is 47.4 Å². The fourth-order valence-electron chi connectivity index (χ4n) is 2.58. The molecule has 1 aromatic carbocycles. The van der Waals surface area contributed by atoms with E-state index < -0.39 is 5.91 Å². The Morgan fingerprint density at radius 1 is 1.21 bits per heavy atom. The Balaban J connectivity index is 1.33. The van der Waals surface area contributed by atoms with Gasteiger partial charge in [0.25, 0.3) is 5.91 Å². The Kier molecular flexibility index (Phi) is 8.35. The van der Waals surface area contributed by atoms with Gasteiger partial charge in [-0.3, -0.25) is 14.5 Å². The number of carbonyl (C=O) groups excluding carboxylic acids is 2. The molecule has 0 unspecified atom stereocenters. The van der Waals surface area contributed by atoms with Crippen molar-refractivity contribution in [1.82, 2.24) is 20.4 Å². The number of amides is 2. The molecule has 0 bridgehead atoms. The largest absolute Gasteiger partial charge is 0.379 e. The van der Waals surface area contributed by atoms with Gasteiger partial charge in [0.1, 0.15) is 10.8 Å².